The Morgan fingerprint density at radius 1 is 1.48 bits per heavy atom. The van der Waals surface area contributed by atoms with Gasteiger partial charge in [0, 0.05) is 43.4 Å². The van der Waals surface area contributed by atoms with Crippen molar-refractivity contribution in [2.75, 3.05) is 18.4 Å². The van der Waals surface area contributed by atoms with E-state index < -0.39 is 0 Å². The second-order valence-corrected chi connectivity index (χ2v) is 5.48. The molecule has 1 amide bonds. The lowest BCUT2D eigenvalue weighted by molar-refractivity contribution is 0.0954. The summed E-state index contributed by atoms with van der Waals surface area (Å²) in [5.74, 6) is 0.451. The summed E-state index contributed by atoms with van der Waals surface area (Å²) in [4.78, 5) is 16.5. The normalized spacial score (nSPS) is 10.4. The number of carbonyl (C=O) groups excluding carboxylic acids is 1. The molecule has 0 saturated carbocycles. The summed E-state index contributed by atoms with van der Waals surface area (Å²) in [6.07, 6.45) is 4.26. The molecule has 0 bridgehead atoms. The number of hydrogen-bond donors (Lipinski definition) is 2. The van der Waals surface area contributed by atoms with E-state index in [9.17, 15) is 4.79 Å². The predicted molar refractivity (Wildman–Crippen MR) is 85.3 cm³/mol. The van der Waals surface area contributed by atoms with Crippen molar-refractivity contribution in [2.24, 2.45) is 7.05 Å². The van der Waals surface area contributed by atoms with Gasteiger partial charge < -0.3 is 10.6 Å². The van der Waals surface area contributed by atoms with Gasteiger partial charge in [-0.3, -0.25) is 9.48 Å². The number of rotatable bonds is 6. The van der Waals surface area contributed by atoms with E-state index in [2.05, 4.69) is 36.6 Å². The minimum absolute atomic E-state index is 0.143. The first-order valence-electron chi connectivity index (χ1n) is 6.76. The Morgan fingerprint density at radius 2 is 2.29 bits per heavy atom. The molecule has 2 heterocycles. The van der Waals surface area contributed by atoms with Gasteiger partial charge in [0.15, 0.2) is 0 Å². The Hall–Kier alpha value is -1.89. The molecule has 0 aromatic carbocycles. The molecule has 0 saturated heterocycles. The standard InChI is InChI=1S/C14H18BrN5O/c1-3-16-13-12(8-10(15)9-18-13)14(21)17-6-4-11-5-7-20(2)19-11/h5,7-9H,3-4,6H2,1-2H3,(H,16,18)(H,17,21). The maximum absolute atomic E-state index is 12.3. The molecule has 6 nitrogen and oxygen atoms in total. The molecule has 2 aromatic heterocycles. The van der Waals surface area contributed by atoms with E-state index >= 15 is 0 Å². The third-order valence-electron chi connectivity index (χ3n) is 2.88. The van der Waals surface area contributed by atoms with Gasteiger partial charge in [-0.2, -0.15) is 5.10 Å². The van der Waals surface area contributed by atoms with Crippen LogP contribution in [0.15, 0.2) is 29.0 Å². The van der Waals surface area contributed by atoms with Crippen molar-refractivity contribution in [2.45, 2.75) is 13.3 Å². The molecule has 0 spiro atoms. The smallest absolute Gasteiger partial charge is 0.255 e. The van der Waals surface area contributed by atoms with Crippen LogP contribution in [0, 0.1) is 0 Å². The minimum atomic E-state index is -0.143. The van der Waals surface area contributed by atoms with Crippen molar-refractivity contribution < 1.29 is 4.79 Å². The molecule has 2 N–H and O–H groups in total. The molecule has 21 heavy (non-hydrogen) atoms. The molecule has 0 radical (unpaired) electrons. The summed E-state index contributed by atoms with van der Waals surface area (Å²) in [6.45, 7) is 3.21. The quantitative estimate of drug-likeness (QED) is 0.834. The Morgan fingerprint density at radius 3 is 2.95 bits per heavy atom. The molecular weight excluding hydrogens is 334 g/mol. The van der Waals surface area contributed by atoms with Gasteiger partial charge in [-0.05, 0) is 35.0 Å². The van der Waals surface area contributed by atoms with Crippen molar-refractivity contribution in [3.05, 3.63) is 40.3 Å². The highest BCUT2D eigenvalue weighted by Crippen LogP contribution is 2.17. The largest absolute Gasteiger partial charge is 0.370 e. The van der Waals surface area contributed by atoms with Gasteiger partial charge in [-0.1, -0.05) is 0 Å². The van der Waals surface area contributed by atoms with Crippen LogP contribution < -0.4 is 10.6 Å². The van der Waals surface area contributed by atoms with Crippen LogP contribution >= 0.6 is 15.9 Å². The maximum atomic E-state index is 12.3. The molecule has 0 aliphatic rings. The Bertz CT molecular complexity index is 626. The van der Waals surface area contributed by atoms with Crippen molar-refractivity contribution in [1.29, 1.82) is 0 Å². The third-order valence-corrected chi connectivity index (χ3v) is 3.31. The summed E-state index contributed by atoms with van der Waals surface area (Å²) >= 11 is 3.34. The number of aryl methyl sites for hydroxylation is 1. The summed E-state index contributed by atoms with van der Waals surface area (Å²) in [5, 5.41) is 10.3. The lowest BCUT2D eigenvalue weighted by Gasteiger charge is -2.10. The second-order valence-electron chi connectivity index (χ2n) is 4.57. The molecule has 112 valence electrons. The Kier molecular flexibility index (Phi) is 5.32. The predicted octanol–water partition coefficient (Wildman–Crippen LogP) is 1.98. The molecule has 0 unspecified atom stereocenters. The summed E-state index contributed by atoms with van der Waals surface area (Å²) in [7, 11) is 1.87. The van der Waals surface area contributed by atoms with E-state index in [0.29, 0.717) is 30.9 Å². The molecule has 2 aromatic rings. The van der Waals surface area contributed by atoms with Crippen LogP contribution in [0.2, 0.25) is 0 Å². The van der Waals surface area contributed by atoms with E-state index in [1.54, 1.807) is 16.9 Å². The molecule has 2 rings (SSSR count). The van der Waals surface area contributed by atoms with E-state index in [1.165, 1.54) is 0 Å². The number of anilines is 1. The number of pyridine rings is 1. The highest BCUT2D eigenvalue weighted by atomic mass is 79.9. The van der Waals surface area contributed by atoms with E-state index in [0.717, 1.165) is 10.2 Å². The van der Waals surface area contributed by atoms with Crippen LogP contribution in [-0.4, -0.2) is 33.8 Å². The first kappa shape index (κ1) is 15.5. The van der Waals surface area contributed by atoms with Gasteiger partial charge in [-0.15, -0.1) is 0 Å². The number of aromatic nitrogens is 3. The lowest BCUT2D eigenvalue weighted by Crippen LogP contribution is -2.27. The number of hydrogen-bond acceptors (Lipinski definition) is 4. The van der Waals surface area contributed by atoms with Gasteiger partial charge in [0.05, 0.1) is 11.3 Å². The Labute approximate surface area is 132 Å². The maximum Gasteiger partial charge on any atom is 0.255 e. The zero-order valence-corrected chi connectivity index (χ0v) is 13.6. The number of nitrogens with zero attached hydrogens (tertiary/aromatic N) is 3. The monoisotopic (exact) mass is 351 g/mol. The molecule has 7 heteroatoms. The zero-order valence-electron chi connectivity index (χ0n) is 12.1. The lowest BCUT2D eigenvalue weighted by atomic mass is 10.2. The van der Waals surface area contributed by atoms with Gasteiger partial charge in [0.1, 0.15) is 5.82 Å². The van der Waals surface area contributed by atoms with Crippen molar-refractivity contribution in [3.8, 4) is 0 Å². The van der Waals surface area contributed by atoms with Crippen molar-refractivity contribution in [3.63, 3.8) is 0 Å². The first-order chi connectivity index (χ1) is 10.1. The molecule has 0 atom stereocenters. The minimum Gasteiger partial charge on any atom is -0.370 e. The average Bonchev–Trinajstić information content (AvgIpc) is 2.86. The number of halogens is 1. The van der Waals surface area contributed by atoms with Crippen LogP contribution in [0.5, 0.6) is 0 Å². The van der Waals surface area contributed by atoms with Gasteiger partial charge in [0.2, 0.25) is 0 Å². The number of carbonyl (C=O) groups is 1. The Balaban J connectivity index is 1.97. The first-order valence-corrected chi connectivity index (χ1v) is 7.55. The topological polar surface area (TPSA) is 71.8 Å². The van der Waals surface area contributed by atoms with E-state index in [-0.39, 0.29) is 5.91 Å². The zero-order chi connectivity index (χ0) is 15.2. The number of amides is 1. The van der Waals surface area contributed by atoms with Gasteiger partial charge in [0.25, 0.3) is 5.91 Å². The van der Waals surface area contributed by atoms with Crippen LogP contribution in [0.1, 0.15) is 23.0 Å². The SMILES string of the molecule is CCNc1ncc(Br)cc1C(=O)NCCc1ccn(C)n1. The molecule has 0 aliphatic carbocycles. The van der Waals surface area contributed by atoms with Gasteiger partial charge in [-0.25, -0.2) is 4.98 Å². The summed E-state index contributed by atoms with van der Waals surface area (Å²) in [5.41, 5.74) is 1.49. The van der Waals surface area contributed by atoms with E-state index in [4.69, 9.17) is 0 Å². The summed E-state index contributed by atoms with van der Waals surface area (Å²) in [6, 6.07) is 3.71. The molecular formula is C14H18BrN5O. The second kappa shape index (κ2) is 7.21. The van der Waals surface area contributed by atoms with Crippen molar-refractivity contribution in [1.82, 2.24) is 20.1 Å². The van der Waals surface area contributed by atoms with Crippen LogP contribution in [0.3, 0.4) is 0 Å². The van der Waals surface area contributed by atoms with Gasteiger partial charge >= 0.3 is 0 Å². The number of nitrogens with one attached hydrogen (secondary N) is 2. The third kappa shape index (κ3) is 4.29. The fourth-order valence-corrected chi connectivity index (χ4v) is 2.25. The molecule has 0 fully saturated rings. The van der Waals surface area contributed by atoms with E-state index in [1.807, 2.05) is 26.2 Å². The van der Waals surface area contributed by atoms with Crippen LogP contribution in [0.4, 0.5) is 5.82 Å². The fraction of sp³-hybridized carbons (Fsp3) is 0.357. The van der Waals surface area contributed by atoms with Crippen molar-refractivity contribution >= 4 is 27.7 Å². The molecule has 0 aliphatic heterocycles. The van der Waals surface area contributed by atoms with Crippen LogP contribution in [-0.2, 0) is 13.5 Å². The van der Waals surface area contributed by atoms with Crippen LogP contribution in [0.25, 0.3) is 0 Å². The summed E-state index contributed by atoms with van der Waals surface area (Å²) < 4.78 is 2.53. The average molecular weight is 352 g/mol. The fourth-order valence-electron chi connectivity index (χ4n) is 1.92. The highest BCUT2D eigenvalue weighted by Gasteiger charge is 2.12. The highest BCUT2D eigenvalue weighted by molar-refractivity contribution is 9.10.